The minimum absolute atomic E-state index is 0.109. The van der Waals surface area contributed by atoms with Crippen LogP contribution in [0.5, 0.6) is 0 Å². The SMILES string of the molecule is [2H][C@@]1(n2ccc(N)nc2=O)O[C@](F)(CO)[C@H]2OC(=O)O[C@H]21. The molecular weight excluding hydrogens is 277 g/mol. The standard InChI is InChI=1S/C10H10FN3O6/c11-10(3-15)6-5(18-9(17)19-6)7(20-10)14-2-1-4(12)13-8(14)16/h1-2,5-7,15H,3H2,(H2,12,13,16)/t5-,6+,7-,10-/m1/s1/i7D. The smallest absolute Gasteiger partial charge is 0.422 e. The first-order chi connectivity index (χ1) is 9.80. The molecule has 1 aromatic rings. The Morgan fingerprint density at radius 3 is 3.00 bits per heavy atom. The van der Waals surface area contributed by atoms with Crippen molar-refractivity contribution in [2.24, 2.45) is 0 Å². The van der Waals surface area contributed by atoms with Crippen molar-refractivity contribution in [2.45, 2.75) is 24.3 Å². The molecule has 3 heterocycles. The molecule has 0 bridgehead atoms. The number of rotatable bonds is 2. The number of ether oxygens (including phenoxy) is 3. The van der Waals surface area contributed by atoms with Crippen molar-refractivity contribution in [3.63, 3.8) is 0 Å². The zero-order valence-corrected chi connectivity index (χ0v) is 9.85. The molecule has 1 aromatic heterocycles. The summed E-state index contributed by atoms with van der Waals surface area (Å²) in [7, 11) is 0. The number of alkyl halides is 1. The molecule has 10 heteroatoms. The maximum atomic E-state index is 14.5. The second-order valence-electron chi connectivity index (χ2n) is 4.22. The Labute approximate surface area is 112 Å². The number of hydrogen-bond acceptors (Lipinski definition) is 8. The fourth-order valence-corrected chi connectivity index (χ4v) is 2.04. The number of anilines is 1. The van der Waals surface area contributed by atoms with Gasteiger partial charge in [-0.2, -0.15) is 4.98 Å². The molecule has 0 radical (unpaired) electrons. The van der Waals surface area contributed by atoms with Gasteiger partial charge in [0.25, 0.3) is 5.85 Å². The van der Waals surface area contributed by atoms with Crippen molar-refractivity contribution in [1.29, 1.82) is 0 Å². The fourth-order valence-electron chi connectivity index (χ4n) is 2.04. The van der Waals surface area contributed by atoms with E-state index in [4.69, 9.17) is 21.7 Å². The van der Waals surface area contributed by atoms with Gasteiger partial charge in [-0.3, -0.25) is 4.57 Å². The summed E-state index contributed by atoms with van der Waals surface area (Å²) in [5.41, 5.74) is 4.32. The molecule has 0 aliphatic carbocycles. The zero-order chi connectivity index (χ0) is 15.4. The highest BCUT2D eigenvalue weighted by molar-refractivity contribution is 5.63. The lowest BCUT2D eigenvalue weighted by atomic mass is 10.1. The Balaban J connectivity index is 2.12. The molecule has 0 unspecified atom stereocenters. The maximum absolute atomic E-state index is 14.5. The van der Waals surface area contributed by atoms with Crippen LogP contribution < -0.4 is 11.4 Å². The Bertz CT molecular complexity index is 670. The number of aliphatic hydroxyl groups is 1. The van der Waals surface area contributed by atoms with E-state index < -0.39 is 42.7 Å². The summed E-state index contributed by atoms with van der Waals surface area (Å²) in [4.78, 5) is 26.4. The number of nitrogens with two attached hydrogens (primary N) is 1. The normalized spacial score (nSPS) is 39.9. The van der Waals surface area contributed by atoms with Crippen LogP contribution in [0.25, 0.3) is 0 Å². The Morgan fingerprint density at radius 1 is 1.60 bits per heavy atom. The molecule has 3 rings (SSSR count). The predicted octanol–water partition coefficient (Wildman–Crippen LogP) is -1.08. The van der Waals surface area contributed by atoms with Crippen LogP contribution in [-0.4, -0.2) is 45.5 Å². The van der Waals surface area contributed by atoms with Crippen molar-refractivity contribution in [3.8, 4) is 0 Å². The number of nitrogen functional groups attached to an aromatic ring is 1. The number of carbonyl (C=O) groups excluding carboxylic acids is 1. The largest absolute Gasteiger partial charge is 0.509 e. The molecule has 2 saturated heterocycles. The number of hydrogen-bond donors (Lipinski definition) is 2. The molecule has 0 aromatic carbocycles. The van der Waals surface area contributed by atoms with Crippen molar-refractivity contribution in [1.82, 2.24) is 9.55 Å². The highest BCUT2D eigenvalue weighted by Crippen LogP contribution is 2.44. The second-order valence-corrected chi connectivity index (χ2v) is 4.22. The average Bonchev–Trinajstić information content (AvgIpc) is 2.89. The number of fused-ring (bicyclic) bond motifs is 1. The van der Waals surface area contributed by atoms with Gasteiger partial charge in [-0.1, -0.05) is 0 Å². The average molecular weight is 288 g/mol. The molecule has 2 aliphatic rings. The lowest BCUT2D eigenvalue weighted by Gasteiger charge is -2.21. The van der Waals surface area contributed by atoms with Crippen LogP contribution in [-0.2, 0) is 14.2 Å². The topological polar surface area (TPSA) is 126 Å². The summed E-state index contributed by atoms with van der Waals surface area (Å²) < 4.78 is 37.3. The van der Waals surface area contributed by atoms with E-state index in [1.165, 1.54) is 6.07 Å². The monoisotopic (exact) mass is 288 g/mol. The quantitative estimate of drug-likeness (QED) is 0.658. The Kier molecular flexibility index (Phi) is 2.41. The van der Waals surface area contributed by atoms with Crippen LogP contribution in [0.15, 0.2) is 17.1 Å². The van der Waals surface area contributed by atoms with Gasteiger partial charge in [0.05, 0.1) is 1.37 Å². The summed E-state index contributed by atoms with van der Waals surface area (Å²) in [6.45, 7) is -1.19. The third-order valence-electron chi connectivity index (χ3n) is 2.94. The Morgan fingerprint density at radius 2 is 2.35 bits per heavy atom. The van der Waals surface area contributed by atoms with Gasteiger partial charge in [-0.15, -0.1) is 0 Å². The predicted molar refractivity (Wildman–Crippen MR) is 59.1 cm³/mol. The van der Waals surface area contributed by atoms with E-state index in [-0.39, 0.29) is 5.82 Å². The van der Waals surface area contributed by atoms with Crippen molar-refractivity contribution < 1.29 is 29.9 Å². The number of aliphatic hydroxyl groups excluding tert-OH is 1. The van der Waals surface area contributed by atoms with Crippen LogP contribution >= 0.6 is 0 Å². The third-order valence-corrected chi connectivity index (χ3v) is 2.94. The molecule has 0 amide bonds. The summed E-state index contributed by atoms with van der Waals surface area (Å²) in [6, 6.07) is 1.19. The number of carbonyl (C=O) groups is 1. The van der Waals surface area contributed by atoms with Crippen molar-refractivity contribution in [2.75, 3.05) is 12.3 Å². The van der Waals surface area contributed by atoms with E-state index in [1.54, 1.807) is 0 Å². The second kappa shape index (κ2) is 4.15. The summed E-state index contributed by atoms with van der Waals surface area (Å²) in [5, 5.41) is 9.10. The molecule has 20 heavy (non-hydrogen) atoms. The summed E-state index contributed by atoms with van der Waals surface area (Å²) >= 11 is 0. The van der Waals surface area contributed by atoms with Crippen molar-refractivity contribution in [3.05, 3.63) is 22.7 Å². The summed E-state index contributed by atoms with van der Waals surface area (Å²) in [5.74, 6) is -2.98. The van der Waals surface area contributed by atoms with Gasteiger partial charge >= 0.3 is 11.8 Å². The fraction of sp³-hybridized carbons (Fsp3) is 0.500. The molecule has 9 nitrogen and oxygen atoms in total. The minimum atomic E-state index is -2.88. The van der Waals surface area contributed by atoms with Crippen LogP contribution in [0.3, 0.4) is 0 Å². The zero-order valence-electron chi connectivity index (χ0n) is 10.9. The first-order valence-corrected chi connectivity index (χ1v) is 5.53. The maximum Gasteiger partial charge on any atom is 0.509 e. The van der Waals surface area contributed by atoms with Gasteiger partial charge in [0.15, 0.2) is 12.3 Å². The molecule has 2 aliphatic heterocycles. The van der Waals surface area contributed by atoms with E-state index in [0.717, 1.165) is 6.20 Å². The molecule has 0 saturated carbocycles. The van der Waals surface area contributed by atoms with E-state index in [0.29, 0.717) is 4.57 Å². The van der Waals surface area contributed by atoms with Crippen molar-refractivity contribution >= 4 is 12.0 Å². The van der Waals surface area contributed by atoms with Gasteiger partial charge in [-0.05, 0) is 6.07 Å². The van der Waals surface area contributed by atoms with Gasteiger partial charge < -0.3 is 25.1 Å². The molecule has 4 atom stereocenters. The molecular formula is C10H10FN3O6. The van der Waals surface area contributed by atoms with Gasteiger partial charge in [0, 0.05) is 6.20 Å². The van der Waals surface area contributed by atoms with Gasteiger partial charge in [0.1, 0.15) is 12.4 Å². The lowest BCUT2D eigenvalue weighted by Crippen LogP contribution is -2.41. The van der Waals surface area contributed by atoms with Crippen LogP contribution in [0.1, 0.15) is 7.57 Å². The first kappa shape index (κ1) is 11.6. The van der Waals surface area contributed by atoms with E-state index in [9.17, 15) is 14.0 Å². The third kappa shape index (κ3) is 1.72. The molecule has 0 spiro atoms. The van der Waals surface area contributed by atoms with Crippen LogP contribution in [0.4, 0.5) is 15.0 Å². The van der Waals surface area contributed by atoms with E-state index in [2.05, 4.69) is 9.72 Å². The molecule has 2 fully saturated rings. The Hall–Kier alpha value is -2.20. The minimum Gasteiger partial charge on any atom is -0.422 e. The van der Waals surface area contributed by atoms with E-state index >= 15 is 0 Å². The molecule has 108 valence electrons. The highest BCUT2D eigenvalue weighted by atomic mass is 19.2. The molecule has 3 N–H and O–H groups in total. The first-order valence-electron chi connectivity index (χ1n) is 6.03. The van der Waals surface area contributed by atoms with Gasteiger partial charge in [-0.25, -0.2) is 14.0 Å². The number of nitrogens with zero attached hydrogens (tertiary/aromatic N) is 2. The number of aromatic nitrogens is 2. The lowest BCUT2D eigenvalue weighted by molar-refractivity contribution is -0.210. The van der Waals surface area contributed by atoms with Crippen LogP contribution in [0.2, 0.25) is 0 Å². The highest BCUT2D eigenvalue weighted by Gasteiger charge is 2.64. The van der Waals surface area contributed by atoms with Crippen LogP contribution in [0, 0.1) is 0 Å². The van der Waals surface area contributed by atoms with E-state index in [1.807, 2.05) is 0 Å². The number of halogens is 1. The van der Waals surface area contributed by atoms with Gasteiger partial charge in [0.2, 0.25) is 6.10 Å². The summed E-state index contributed by atoms with van der Waals surface area (Å²) in [6.07, 6.45) is -5.94.